The third kappa shape index (κ3) is 14.4. The van der Waals surface area contributed by atoms with Crippen LogP contribution in [0.2, 0.25) is 0 Å². The number of likely N-dealkylation sites (tertiary alicyclic amines) is 1. The predicted octanol–water partition coefficient (Wildman–Crippen LogP) is 5.46. The van der Waals surface area contributed by atoms with Gasteiger partial charge in [-0.3, -0.25) is 19.3 Å². The zero-order chi connectivity index (χ0) is 36.5. The molecule has 0 aromatic heterocycles. The molecule has 0 saturated carbocycles. The normalized spacial score (nSPS) is 17.1. The minimum Gasteiger partial charge on any atom is -0.464 e. The Hall–Kier alpha value is -2.87. The Morgan fingerprint density at radius 3 is 2.16 bits per heavy atom. The number of rotatable bonds is 21. The van der Waals surface area contributed by atoms with Crippen LogP contribution in [0.3, 0.4) is 0 Å². The second kappa shape index (κ2) is 20.8. The maximum Gasteiger partial charge on any atom is 0.322 e. The summed E-state index contributed by atoms with van der Waals surface area (Å²) < 4.78 is 21.5. The Balaban J connectivity index is 1.83. The summed E-state index contributed by atoms with van der Waals surface area (Å²) >= 11 is 7.03. The lowest BCUT2D eigenvalue weighted by Gasteiger charge is -2.40. The summed E-state index contributed by atoms with van der Waals surface area (Å²) in [5.41, 5.74) is 6.18. The van der Waals surface area contributed by atoms with Crippen molar-refractivity contribution in [1.82, 2.24) is 4.90 Å². The number of hydrogen-bond donors (Lipinski definition) is 2. The number of piperidine rings is 1. The molecular weight excluding hydrogens is 677 g/mol. The highest BCUT2D eigenvalue weighted by Gasteiger charge is 2.50. The standard InChI is InChI=1S/C38H54N2O8S2/c1-36(34(43)47-23-21-40-19-11-6-12-20-40,28-37(2,39)18-17-32(42)46-26-25-45-24-22-41)29-38(3,50-33(49)31-15-9-5-10-16-31)35(44)48-27-30-13-7-4-8-14-30/h4-5,7-10,13-16,41H,6,11-12,17-29,39H2,1-3H3. The summed E-state index contributed by atoms with van der Waals surface area (Å²) in [4.78, 5) is 43.1. The van der Waals surface area contributed by atoms with E-state index in [4.69, 9.17) is 42.0 Å². The molecule has 0 bridgehead atoms. The molecular formula is C38H54N2O8S2. The number of nitrogens with two attached hydrogens (primary N) is 1. The molecule has 1 saturated heterocycles. The quantitative estimate of drug-likeness (QED) is 0.0730. The zero-order valence-electron chi connectivity index (χ0n) is 29.7. The minimum atomic E-state index is -1.30. The van der Waals surface area contributed by atoms with E-state index in [0.717, 1.165) is 37.1 Å². The minimum absolute atomic E-state index is 0.0211. The fourth-order valence-electron chi connectivity index (χ4n) is 6.26. The first-order valence-electron chi connectivity index (χ1n) is 17.4. The number of nitrogens with zero attached hydrogens (tertiary/aromatic N) is 1. The van der Waals surface area contributed by atoms with Crippen LogP contribution in [-0.2, 0) is 39.9 Å². The molecule has 0 radical (unpaired) electrons. The van der Waals surface area contributed by atoms with Gasteiger partial charge >= 0.3 is 17.9 Å². The van der Waals surface area contributed by atoms with Crippen molar-refractivity contribution >= 4 is 46.1 Å². The van der Waals surface area contributed by atoms with Gasteiger partial charge in [0.1, 0.15) is 24.6 Å². The number of ether oxygens (including phenoxy) is 4. The van der Waals surface area contributed by atoms with Gasteiger partial charge in [-0.25, -0.2) is 0 Å². The molecule has 1 aliphatic heterocycles. The van der Waals surface area contributed by atoms with Gasteiger partial charge in [0, 0.05) is 18.5 Å². The summed E-state index contributed by atoms with van der Waals surface area (Å²) in [6.07, 6.45) is 3.84. The third-order valence-electron chi connectivity index (χ3n) is 8.70. The van der Waals surface area contributed by atoms with Gasteiger partial charge in [0.15, 0.2) is 0 Å². The van der Waals surface area contributed by atoms with E-state index >= 15 is 0 Å². The van der Waals surface area contributed by atoms with Crippen molar-refractivity contribution in [2.45, 2.75) is 82.6 Å². The van der Waals surface area contributed by atoms with Gasteiger partial charge in [-0.2, -0.15) is 0 Å². The van der Waals surface area contributed by atoms with Crippen molar-refractivity contribution in [2.75, 3.05) is 52.7 Å². The molecule has 1 aliphatic rings. The van der Waals surface area contributed by atoms with Crippen molar-refractivity contribution in [2.24, 2.45) is 11.1 Å². The van der Waals surface area contributed by atoms with Crippen molar-refractivity contribution in [3.63, 3.8) is 0 Å². The van der Waals surface area contributed by atoms with E-state index in [2.05, 4.69) is 4.90 Å². The molecule has 0 spiro atoms. The average Bonchev–Trinajstić information content (AvgIpc) is 3.10. The van der Waals surface area contributed by atoms with Crippen LogP contribution >= 0.6 is 24.0 Å². The number of carbonyl (C=O) groups is 3. The van der Waals surface area contributed by atoms with Crippen LogP contribution in [0.25, 0.3) is 0 Å². The number of aliphatic hydroxyl groups is 1. The first kappa shape index (κ1) is 41.5. The van der Waals surface area contributed by atoms with Crippen molar-refractivity contribution in [1.29, 1.82) is 0 Å². The second-order valence-electron chi connectivity index (χ2n) is 13.7. The van der Waals surface area contributed by atoms with Gasteiger partial charge in [0.05, 0.1) is 29.4 Å². The Kier molecular flexibility index (Phi) is 17.3. The molecule has 0 amide bonds. The van der Waals surface area contributed by atoms with Crippen LogP contribution in [0.15, 0.2) is 60.7 Å². The van der Waals surface area contributed by atoms with E-state index in [0.29, 0.717) is 10.7 Å². The van der Waals surface area contributed by atoms with E-state index in [1.807, 2.05) is 60.7 Å². The van der Waals surface area contributed by atoms with E-state index in [1.165, 1.54) is 18.2 Å². The van der Waals surface area contributed by atoms with Crippen LogP contribution < -0.4 is 5.73 Å². The lowest BCUT2D eigenvalue weighted by molar-refractivity contribution is -0.159. The topological polar surface area (TPSA) is 138 Å². The molecule has 12 heteroatoms. The number of benzene rings is 2. The molecule has 2 aromatic rings. The number of aliphatic hydroxyl groups excluding tert-OH is 1. The number of hydrogen-bond acceptors (Lipinski definition) is 12. The van der Waals surface area contributed by atoms with Crippen LogP contribution in [0.4, 0.5) is 0 Å². The molecule has 0 aliphatic carbocycles. The van der Waals surface area contributed by atoms with Crippen LogP contribution in [-0.4, -0.2) is 95.1 Å². The van der Waals surface area contributed by atoms with Crippen molar-refractivity contribution in [3.8, 4) is 0 Å². The molecule has 10 nitrogen and oxygen atoms in total. The molecule has 50 heavy (non-hydrogen) atoms. The summed E-state index contributed by atoms with van der Waals surface area (Å²) in [6.45, 7) is 8.44. The van der Waals surface area contributed by atoms with E-state index < -0.39 is 33.6 Å². The van der Waals surface area contributed by atoms with Crippen molar-refractivity contribution in [3.05, 3.63) is 71.8 Å². The second-order valence-corrected chi connectivity index (χ2v) is 15.9. The van der Waals surface area contributed by atoms with E-state index in [1.54, 1.807) is 20.8 Å². The fraction of sp³-hybridized carbons (Fsp3) is 0.579. The molecule has 3 atom stereocenters. The van der Waals surface area contributed by atoms with Crippen molar-refractivity contribution < 1.29 is 38.4 Å². The highest BCUT2D eigenvalue weighted by molar-refractivity contribution is 8.25. The fourth-order valence-corrected chi connectivity index (χ4v) is 8.14. The molecule has 3 rings (SSSR count). The highest BCUT2D eigenvalue weighted by Crippen LogP contribution is 2.45. The van der Waals surface area contributed by atoms with Gasteiger partial charge in [-0.1, -0.05) is 91.1 Å². The van der Waals surface area contributed by atoms with Crippen LogP contribution in [0.1, 0.15) is 76.8 Å². The van der Waals surface area contributed by atoms with Crippen LogP contribution in [0, 0.1) is 5.41 Å². The molecule has 3 N–H and O–H groups in total. The maximum atomic E-state index is 14.2. The predicted molar refractivity (Wildman–Crippen MR) is 200 cm³/mol. The molecule has 276 valence electrons. The van der Waals surface area contributed by atoms with Gasteiger partial charge in [-0.05, 0) is 77.1 Å². The van der Waals surface area contributed by atoms with Gasteiger partial charge in [0.25, 0.3) is 0 Å². The van der Waals surface area contributed by atoms with Gasteiger partial charge in [0.2, 0.25) is 0 Å². The Labute approximate surface area is 306 Å². The number of carbonyl (C=O) groups excluding carboxylic acids is 3. The summed E-state index contributed by atoms with van der Waals surface area (Å²) in [6, 6.07) is 18.8. The molecule has 1 heterocycles. The van der Waals surface area contributed by atoms with E-state index in [9.17, 15) is 14.4 Å². The van der Waals surface area contributed by atoms with Gasteiger partial charge < -0.3 is 29.8 Å². The van der Waals surface area contributed by atoms with Crippen LogP contribution in [0.5, 0.6) is 0 Å². The number of thiocarbonyl (C=S) groups is 1. The maximum absolute atomic E-state index is 14.2. The highest BCUT2D eigenvalue weighted by atomic mass is 32.2. The summed E-state index contributed by atoms with van der Waals surface area (Å²) in [5.74, 6) is -1.43. The average molecular weight is 731 g/mol. The summed E-state index contributed by atoms with van der Waals surface area (Å²) in [7, 11) is 0. The lowest BCUT2D eigenvalue weighted by atomic mass is 9.71. The molecule has 3 unspecified atom stereocenters. The Morgan fingerprint density at radius 2 is 1.50 bits per heavy atom. The smallest absolute Gasteiger partial charge is 0.322 e. The van der Waals surface area contributed by atoms with E-state index in [-0.39, 0.29) is 65.3 Å². The number of esters is 3. The Morgan fingerprint density at radius 1 is 0.840 bits per heavy atom. The molecule has 1 fully saturated rings. The number of thioether (sulfide) groups is 1. The Bertz CT molecular complexity index is 1360. The SMILES string of the molecule is CC(N)(CCC(=O)OCCOCCO)CC(C)(CC(C)(SC(=S)c1ccccc1)C(=O)OCc1ccccc1)C(=O)OCCN1CCCCC1. The molecule has 2 aromatic carbocycles. The third-order valence-corrected chi connectivity index (χ3v) is 10.4. The van der Waals surface area contributed by atoms with Gasteiger partial charge in [-0.15, -0.1) is 0 Å². The largest absolute Gasteiger partial charge is 0.464 e. The summed E-state index contributed by atoms with van der Waals surface area (Å²) in [5, 5.41) is 8.84. The first-order chi connectivity index (χ1) is 23.9. The zero-order valence-corrected chi connectivity index (χ0v) is 31.4. The first-order valence-corrected chi connectivity index (χ1v) is 18.6. The monoisotopic (exact) mass is 730 g/mol. The lowest BCUT2D eigenvalue weighted by Crippen LogP contribution is -2.50.